The summed E-state index contributed by atoms with van der Waals surface area (Å²) in [5.74, 6) is 1.11. The maximum absolute atomic E-state index is 10.6. The first kappa shape index (κ1) is 18.9. The Morgan fingerprint density at radius 2 is 2.07 bits per heavy atom. The van der Waals surface area contributed by atoms with Crippen LogP contribution in [0.4, 0.5) is 5.82 Å². The summed E-state index contributed by atoms with van der Waals surface area (Å²) >= 11 is 1.36. The standard InChI is InChI=1S/C17H23N7O4S/c25-13-11(7-29-24-5-6-27-22-24)28-17(14(13)26)23-9-20-12-15(18-8-19-16(12)23)21-10-3-1-2-4-10/h5-6,8-11,13-14,17,22,25-26H,1-4,7H2,(H,18,19,21)/t11-,13-,14-,17+/m0/s1. The number of ether oxygens (including phenoxy) is 1. The zero-order valence-corrected chi connectivity index (χ0v) is 16.4. The Balaban J connectivity index is 1.33. The lowest BCUT2D eigenvalue weighted by atomic mass is 10.1. The summed E-state index contributed by atoms with van der Waals surface area (Å²) in [7, 11) is 0. The third-order valence-electron chi connectivity index (χ3n) is 5.45. The normalized spacial score (nSPS) is 29.8. The molecule has 4 heterocycles. The van der Waals surface area contributed by atoms with E-state index >= 15 is 0 Å². The van der Waals surface area contributed by atoms with Gasteiger partial charge < -0.3 is 25.1 Å². The summed E-state index contributed by atoms with van der Waals surface area (Å²) in [6.07, 6.45) is 7.46. The van der Waals surface area contributed by atoms with E-state index in [0.717, 1.165) is 12.8 Å². The summed E-state index contributed by atoms with van der Waals surface area (Å²) < 4.78 is 9.28. The van der Waals surface area contributed by atoms with Gasteiger partial charge in [-0.05, 0) is 24.8 Å². The van der Waals surface area contributed by atoms with E-state index < -0.39 is 24.5 Å². The lowest BCUT2D eigenvalue weighted by Gasteiger charge is -2.18. The fourth-order valence-corrected chi connectivity index (χ4v) is 4.74. The molecule has 1 saturated heterocycles. The second-order valence-electron chi connectivity index (χ2n) is 7.33. The molecule has 0 bridgehead atoms. The molecule has 0 radical (unpaired) electrons. The van der Waals surface area contributed by atoms with Gasteiger partial charge in [0.1, 0.15) is 24.8 Å². The minimum Gasteiger partial charge on any atom is -0.394 e. The van der Waals surface area contributed by atoms with Crippen LogP contribution >= 0.6 is 11.9 Å². The first-order chi connectivity index (χ1) is 14.2. The summed E-state index contributed by atoms with van der Waals surface area (Å²) in [5.41, 5.74) is 3.84. The Hall–Kier alpha value is -2.12. The molecule has 11 nitrogen and oxygen atoms in total. The number of nitrogens with zero attached hydrogens (tertiary/aromatic N) is 5. The highest BCUT2D eigenvalue weighted by Gasteiger charge is 2.44. The number of nitrogens with one attached hydrogen (secondary N) is 2. The van der Waals surface area contributed by atoms with Crippen molar-refractivity contribution in [1.29, 1.82) is 0 Å². The molecule has 5 rings (SSSR count). The smallest absolute Gasteiger partial charge is 0.167 e. The van der Waals surface area contributed by atoms with Crippen molar-refractivity contribution in [2.45, 2.75) is 56.3 Å². The molecular weight excluding hydrogens is 398 g/mol. The molecule has 2 aromatic rings. The fraction of sp³-hybridized carbons (Fsp3) is 0.588. The largest absolute Gasteiger partial charge is 0.394 e. The van der Waals surface area contributed by atoms with Gasteiger partial charge in [-0.2, -0.15) is 0 Å². The first-order valence-electron chi connectivity index (χ1n) is 9.66. The van der Waals surface area contributed by atoms with Gasteiger partial charge in [-0.3, -0.25) is 4.57 Å². The second kappa shape index (κ2) is 7.95. The predicted molar refractivity (Wildman–Crippen MR) is 105 cm³/mol. The molecule has 29 heavy (non-hydrogen) atoms. The van der Waals surface area contributed by atoms with E-state index in [-0.39, 0.29) is 0 Å². The molecule has 1 aliphatic carbocycles. The van der Waals surface area contributed by atoms with Crippen LogP contribution in [0.3, 0.4) is 0 Å². The highest BCUT2D eigenvalue weighted by molar-refractivity contribution is 7.97. The van der Waals surface area contributed by atoms with Gasteiger partial charge in [-0.1, -0.05) is 18.4 Å². The second-order valence-corrected chi connectivity index (χ2v) is 8.32. The van der Waals surface area contributed by atoms with Crippen molar-refractivity contribution in [3.8, 4) is 0 Å². The van der Waals surface area contributed by atoms with E-state index in [2.05, 4.69) is 25.9 Å². The minimum absolute atomic E-state index is 0.395. The molecule has 156 valence electrons. The van der Waals surface area contributed by atoms with E-state index in [9.17, 15) is 10.2 Å². The maximum atomic E-state index is 10.6. The zero-order chi connectivity index (χ0) is 19.8. The van der Waals surface area contributed by atoms with E-state index in [4.69, 9.17) is 9.57 Å². The fourth-order valence-electron chi connectivity index (χ4n) is 3.93. The highest BCUT2D eigenvalue weighted by atomic mass is 32.2. The molecule has 1 saturated carbocycles. The van der Waals surface area contributed by atoms with Gasteiger partial charge in [0.15, 0.2) is 23.2 Å². The molecule has 0 unspecified atom stereocenters. The Morgan fingerprint density at radius 1 is 1.21 bits per heavy atom. The van der Waals surface area contributed by atoms with Crippen molar-refractivity contribution in [3.05, 3.63) is 25.1 Å². The Kier molecular flexibility index (Phi) is 5.18. The van der Waals surface area contributed by atoms with Crippen LogP contribution in [0, 0.1) is 0 Å². The van der Waals surface area contributed by atoms with Gasteiger partial charge in [0.2, 0.25) is 0 Å². The number of hydrazine groups is 1. The van der Waals surface area contributed by atoms with Crippen molar-refractivity contribution >= 4 is 28.9 Å². The van der Waals surface area contributed by atoms with Gasteiger partial charge in [-0.25, -0.2) is 19.4 Å². The Labute approximate surface area is 171 Å². The van der Waals surface area contributed by atoms with E-state index in [1.165, 1.54) is 37.4 Å². The predicted octanol–water partition coefficient (Wildman–Crippen LogP) is 0.671. The first-order valence-corrected chi connectivity index (χ1v) is 10.6. The van der Waals surface area contributed by atoms with Crippen LogP contribution in [-0.4, -0.2) is 64.3 Å². The van der Waals surface area contributed by atoms with Crippen LogP contribution in [0.2, 0.25) is 0 Å². The van der Waals surface area contributed by atoms with Gasteiger partial charge in [0.25, 0.3) is 0 Å². The molecule has 12 heteroatoms. The molecule has 3 aliphatic rings. The van der Waals surface area contributed by atoms with Crippen molar-refractivity contribution in [3.63, 3.8) is 0 Å². The molecule has 2 aromatic heterocycles. The molecule has 4 atom stereocenters. The average molecular weight is 421 g/mol. The number of fused-ring (bicyclic) bond motifs is 1. The Morgan fingerprint density at radius 3 is 2.86 bits per heavy atom. The van der Waals surface area contributed by atoms with E-state index in [1.807, 2.05) is 0 Å². The number of hydrogen-bond donors (Lipinski definition) is 4. The third-order valence-corrected chi connectivity index (χ3v) is 6.40. The number of imidazole rings is 1. The number of hydrogen-bond acceptors (Lipinski definition) is 11. The quantitative estimate of drug-likeness (QED) is 0.491. The SMILES string of the molecule is O[C@@H]1[C@H](O)[C@H](n2cnc3c(NC4CCCC4)ncnc32)O[C@H]1CSN1C=CON1. The minimum atomic E-state index is -1.10. The number of aliphatic hydroxyl groups excluding tert-OH is 2. The molecular formula is C17H23N7O4S. The van der Waals surface area contributed by atoms with E-state index in [1.54, 1.807) is 21.5 Å². The van der Waals surface area contributed by atoms with Crippen molar-refractivity contribution in [2.75, 3.05) is 11.1 Å². The van der Waals surface area contributed by atoms with Crippen LogP contribution in [-0.2, 0) is 9.57 Å². The third kappa shape index (κ3) is 3.62. The summed E-state index contributed by atoms with van der Waals surface area (Å²) in [4.78, 5) is 18.0. The van der Waals surface area contributed by atoms with Gasteiger partial charge in [0.05, 0.1) is 18.6 Å². The van der Waals surface area contributed by atoms with Gasteiger partial charge in [0, 0.05) is 11.8 Å². The average Bonchev–Trinajstić information content (AvgIpc) is 3.51. The van der Waals surface area contributed by atoms with Crippen molar-refractivity contribution in [2.24, 2.45) is 0 Å². The monoisotopic (exact) mass is 421 g/mol. The lowest BCUT2D eigenvalue weighted by molar-refractivity contribution is -0.0291. The molecule has 0 aromatic carbocycles. The van der Waals surface area contributed by atoms with Crippen LogP contribution in [0.15, 0.2) is 25.1 Å². The van der Waals surface area contributed by atoms with Crippen molar-refractivity contribution < 1.29 is 19.8 Å². The summed E-state index contributed by atoms with van der Waals surface area (Å²) in [6.45, 7) is 0. The highest BCUT2D eigenvalue weighted by Crippen LogP contribution is 2.34. The zero-order valence-electron chi connectivity index (χ0n) is 15.6. The Bertz CT molecular complexity index is 890. The van der Waals surface area contributed by atoms with Crippen molar-refractivity contribution in [1.82, 2.24) is 29.5 Å². The van der Waals surface area contributed by atoms with Crippen LogP contribution in [0.1, 0.15) is 31.9 Å². The summed E-state index contributed by atoms with van der Waals surface area (Å²) in [6, 6.07) is 0.395. The van der Waals surface area contributed by atoms with Crippen LogP contribution in [0.5, 0.6) is 0 Å². The molecule has 0 spiro atoms. The lowest BCUT2D eigenvalue weighted by Crippen LogP contribution is -2.33. The van der Waals surface area contributed by atoms with Crippen LogP contribution < -0.4 is 10.9 Å². The topological polar surface area (TPSA) is 130 Å². The van der Waals surface area contributed by atoms with E-state index in [0.29, 0.717) is 28.8 Å². The number of aromatic nitrogens is 4. The van der Waals surface area contributed by atoms with Gasteiger partial charge >= 0.3 is 0 Å². The maximum Gasteiger partial charge on any atom is 0.167 e. The molecule has 2 fully saturated rings. The number of aliphatic hydroxyl groups is 2. The van der Waals surface area contributed by atoms with Gasteiger partial charge in [-0.15, -0.1) is 0 Å². The molecule has 0 amide bonds. The molecule has 2 aliphatic heterocycles. The molecule has 4 N–H and O–H groups in total. The van der Waals surface area contributed by atoms with Crippen LogP contribution in [0.25, 0.3) is 11.2 Å². The number of rotatable bonds is 6. The number of anilines is 1. The summed E-state index contributed by atoms with van der Waals surface area (Å²) in [5, 5.41) is 24.5.